The summed E-state index contributed by atoms with van der Waals surface area (Å²) in [5, 5.41) is 7.22. The van der Waals surface area contributed by atoms with Crippen LogP contribution in [0.2, 0.25) is 5.02 Å². The Bertz CT molecular complexity index is 1290. The molecular weight excluding hydrogens is 538 g/mol. The lowest BCUT2D eigenvalue weighted by Gasteiger charge is -2.41. The second-order valence-corrected chi connectivity index (χ2v) is 11.7. The lowest BCUT2D eigenvalue weighted by Crippen LogP contribution is -2.49. The maximum Gasteiger partial charge on any atom is 0.229 e. The van der Waals surface area contributed by atoms with E-state index in [1.54, 1.807) is 6.20 Å². The molecule has 2 aliphatic heterocycles. The van der Waals surface area contributed by atoms with Crippen molar-refractivity contribution < 1.29 is 9.47 Å². The molecule has 5 rings (SSSR count). The van der Waals surface area contributed by atoms with Crippen LogP contribution in [-0.2, 0) is 11.3 Å². The highest BCUT2D eigenvalue weighted by Crippen LogP contribution is 2.35. The van der Waals surface area contributed by atoms with E-state index in [0.29, 0.717) is 22.8 Å². The molecule has 2 aliphatic rings. The molecule has 0 unspecified atom stereocenters. The van der Waals surface area contributed by atoms with E-state index in [4.69, 9.17) is 26.1 Å². The van der Waals surface area contributed by atoms with Crippen molar-refractivity contribution in [3.05, 3.63) is 59.2 Å². The summed E-state index contributed by atoms with van der Waals surface area (Å²) in [5.74, 6) is 1.76. The fraction of sp³-hybridized carbons (Fsp3) is 0.484. The molecule has 0 radical (unpaired) electrons. The lowest BCUT2D eigenvalue weighted by molar-refractivity contribution is 0.0115. The van der Waals surface area contributed by atoms with E-state index in [9.17, 15) is 0 Å². The van der Waals surface area contributed by atoms with Gasteiger partial charge in [-0.15, -0.1) is 0 Å². The number of morpholine rings is 1. The molecule has 0 amide bonds. The van der Waals surface area contributed by atoms with Crippen LogP contribution in [0.5, 0.6) is 5.75 Å². The van der Waals surface area contributed by atoms with Crippen molar-refractivity contribution >= 4 is 40.4 Å². The SMILES string of the molecule is CC(C)Oc1cc(N2CCC(N3CCOCC3)CC2)ccc1Nc1ncc(Cl)c(Nc2ccccc2CN(C)C)n1. The summed E-state index contributed by atoms with van der Waals surface area (Å²) >= 11 is 6.51. The maximum absolute atomic E-state index is 6.51. The van der Waals surface area contributed by atoms with Gasteiger partial charge in [0.1, 0.15) is 10.8 Å². The van der Waals surface area contributed by atoms with Crippen LogP contribution in [0.4, 0.5) is 28.8 Å². The highest BCUT2D eigenvalue weighted by Gasteiger charge is 2.26. The van der Waals surface area contributed by atoms with Gasteiger partial charge in [-0.25, -0.2) is 4.98 Å². The predicted octanol–water partition coefficient (Wildman–Crippen LogP) is 5.77. The number of aromatic nitrogens is 2. The minimum absolute atomic E-state index is 0.0226. The molecule has 0 atom stereocenters. The van der Waals surface area contributed by atoms with Crippen molar-refractivity contribution in [3.8, 4) is 5.75 Å². The summed E-state index contributed by atoms with van der Waals surface area (Å²) in [7, 11) is 4.10. The molecule has 0 spiro atoms. The minimum atomic E-state index is 0.0226. The topological polar surface area (TPSA) is 78.0 Å². The summed E-state index contributed by atoms with van der Waals surface area (Å²) in [6, 6.07) is 15.1. The van der Waals surface area contributed by atoms with Gasteiger partial charge in [0, 0.05) is 56.2 Å². The van der Waals surface area contributed by atoms with Crippen LogP contribution in [0.3, 0.4) is 0 Å². The predicted molar refractivity (Wildman–Crippen MR) is 167 cm³/mol. The monoisotopic (exact) mass is 579 g/mol. The summed E-state index contributed by atoms with van der Waals surface area (Å²) < 4.78 is 11.8. The lowest BCUT2D eigenvalue weighted by atomic mass is 10.0. The van der Waals surface area contributed by atoms with E-state index in [2.05, 4.69) is 54.6 Å². The number of hydrogen-bond acceptors (Lipinski definition) is 9. The number of rotatable bonds is 10. The molecule has 1 aromatic heterocycles. The van der Waals surface area contributed by atoms with E-state index in [0.717, 1.165) is 81.5 Å². The number of hydrogen-bond donors (Lipinski definition) is 2. The number of piperidine rings is 1. The molecule has 2 fully saturated rings. The molecule has 3 aromatic rings. The normalized spacial score (nSPS) is 16.8. The largest absolute Gasteiger partial charge is 0.489 e. The van der Waals surface area contributed by atoms with Crippen molar-refractivity contribution in [3.63, 3.8) is 0 Å². The van der Waals surface area contributed by atoms with Gasteiger partial charge in [0.15, 0.2) is 5.82 Å². The van der Waals surface area contributed by atoms with Crippen molar-refractivity contribution in [2.45, 2.75) is 45.4 Å². The Hall–Kier alpha value is -3.11. The Morgan fingerprint density at radius 1 is 1.02 bits per heavy atom. The van der Waals surface area contributed by atoms with E-state index in [-0.39, 0.29) is 6.10 Å². The summed E-state index contributed by atoms with van der Waals surface area (Å²) in [4.78, 5) is 16.3. The second kappa shape index (κ2) is 13.7. The average molecular weight is 580 g/mol. The van der Waals surface area contributed by atoms with Crippen LogP contribution < -0.4 is 20.3 Å². The zero-order chi connectivity index (χ0) is 28.8. The molecule has 2 aromatic carbocycles. The quantitative estimate of drug-likeness (QED) is 0.311. The molecule has 0 bridgehead atoms. The van der Waals surface area contributed by atoms with Crippen LogP contribution in [0, 0.1) is 0 Å². The number of nitrogens with one attached hydrogen (secondary N) is 2. The Labute approximate surface area is 248 Å². The third-order valence-electron chi connectivity index (χ3n) is 7.47. The number of nitrogens with zero attached hydrogens (tertiary/aromatic N) is 5. The summed E-state index contributed by atoms with van der Waals surface area (Å²) in [5.41, 5.74) is 4.09. The standard InChI is InChI=1S/C31H42ClN7O2/c1-22(2)41-29-19-25(38-13-11-24(12-14-38)39-15-17-40-18-16-39)9-10-28(29)35-31-33-20-26(32)30(36-31)34-27-8-6-5-7-23(27)21-37(3)4/h5-10,19-20,22,24H,11-18,21H2,1-4H3,(H2,33,34,35,36). The number of anilines is 5. The Balaban J connectivity index is 1.31. The third kappa shape index (κ3) is 7.80. The highest BCUT2D eigenvalue weighted by molar-refractivity contribution is 6.32. The first-order valence-corrected chi connectivity index (χ1v) is 14.9. The van der Waals surface area contributed by atoms with Gasteiger partial charge >= 0.3 is 0 Å². The minimum Gasteiger partial charge on any atom is -0.489 e. The Kier molecular flexibility index (Phi) is 9.82. The number of benzene rings is 2. The molecule has 41 heavy (non-hydrogen) atoms. The smallest absolute Gasteiger partial charge is 0.229 e. The molecule has 0 aliphatic carbocycles. The highest BCUT2D eigenvalue weighted by atomic mass is 35.5. The third-order valence-corrected chi connectivity index (χ3v) is 7.74. The molecule has 9 nitrogen and oxygen atoms in total. The fourth-order valence-electron chi connectivity index (χ4n) is 5.48. The zero-order valence-electron chi connectivity index (χ0n) is 24.6. The number of para-hydroxylation sites is 1. The van der Waals surface area contributed by atoms with E-state index in [1.165, 1.54) is 5.69 Å². The zero-order valence-corrected chi connectivity index (χ0v) is 25.3. The van der Waals surface area contributed by atoms with Crippen molar-refractivity contribution in [2.24, 2.45) is 0 Å². The van der Waals surface area contributed by atoms with Gasteiger partial charge in [0.25, 0.3) is 0 Å². The van der Waals surface area contributed by atoms with Crippen LogP contribution >= 0.6 is 11.6 Å². The molecule has 10 heteroatoms. The first-order valence-electron chi connectivity index (χ1n) is 14.5. The van der Waals surface area contributed by atoms with Gasteiger partial charge in [0.2, 0.25) is 5.95 Å². The molecule has 220 valence electrons. The van der Waals surface area contributed by atoms with E-state index < -0.39 is 0 Å². The molecule has 2 saturated heterocycles. The summed E-state index contributed by atoms with van der Waals surface area (Å²) in [6.07, 6.45) is 3.96. The summed E-state index contributed by atoms with van der Waals surface area (Å²) in [6.45, 7) is 10.7. The maximum atomic E-state index is 6.51. The van der Waals surface area contributed by atoms with Crippen LogP contribution in [0.15, 0.2) is 48.7 Å². The van der Waals surface area contributed by atoms with Gasteiger partial charge in [-0.3, -0.25) is 4.90 Å². The van der Waals surface area contributed by atoms with Crippen molar-refractivity contribution in [1.82, 2.24) is 19.8 Å². The van der Waals surface area contributed by atoms with Gasteiger partial charge in [-0.05, 0) is 64.5 Å². The van der Waals surface area contributed by atoms with Gasteiger partial charge in [-0.2, -0.15) is 4.98 Å². The van der Waals surface area contributed by atoms with Gasteiger partial charge < -0.3 is 29.9 Å². The van der Waals surface area contributed by atoms with Gasteiger partial charge in [0.05, 0.1) is 31.2 Å². The first kappa shape index (κ1) is 29.4. The Morgan fingerprint density at radius 3 is 2.51 bits per heavy atom. The first-order chi connectivity index (χ1) is 19.9. The molecular formula is C31H42ClN7O2. The average Bonchev–Trinajstić information content (AvgIpc) is 2.97. The van der Waals surface area contributed by atoms with Crippen LogP contribution in [0.25, 0.3) is 0 Å². The van der Waals surface area contributed by atoms with Crippen LogP contribution in [0.1, 0.15) is 32.3 Å². The van der Waals surface area contributed by atoms with E-state index >= 15 is 0 Å². The van der Waals surface area contributed by atoms with Crippen LogP contribution in [-0.4, -0.2) is 85.4 Å². The van der Waals surface area contributed by atoms with Crippen molar-refractivity contribution in [2.75, 3.05) is 69.0 Å². The van der Waals surface area contributed by atoms with Crippen molar-refractivity contribution in [1.29, 1.82) is 0 Å². The number of ether oxygens (including phenoxy) is 2. The van der Waals surface area contributed by atoms with Gasteiger partial charge in [-0.1, -0.05) is 29.8 Å². The molecule has 0 saturated carbocycles. The fourth-order valence-corrected chi connectivity index (χ4v) is 5.62. The molecule has 3 heterocycles. The van der Waals surface area contributed by atoms with E-state index in [1.807, 2.05) is 46.1 Å². The number of halogens is 1. The Morgan fingerprint density at radius 2 is 1.78 bits per heavy atom. The molecule has 2 N–H and O–H groups in total. The second-order valence-electron chi connectivity index (χ2n) is 11.2.